The second-order valence-electron chi connectivity index (χ2n) is 13.7. The summed E-state index contributed by atoms with van der Waals surface area (Å²) in [5.74, 6) is 0. The molecule has 3 heterocycles. The highest BCUT2D eigenvalue weighted by Crippen LogP contribution is 2.50. The summed E-state index contributed by atoms with van der Waals surface area (Å²) in [4.78, 5) is 9.63. The third-order valence-electron chi connectivity index (χ3n) is 10.9. The summed E-state index contributed by atoms with van der Waals surface area (Å²) in [6.45, 7) is 0. The molecule has 2 aliphatic carbocycles. The molecular weight excluding hydrogens is 619 g/mol. The van der Waals surface area contributed by atoms with Crippen LogP contribution in [0, 0.1) is 0 Å². The molecule has 11 rings (SSSR count). The number of fused-ring (bicyclic) bond motifs is 8. The monoisotopic (exact) mass is 649 g/mol. The lowest BCUT2D eigenvalue weighted by Crippen LogP contribution is -2.01. The Hall–Kier alpha value is -6.58. The average Bonchev–Trinajstić information content (AvgIpc) is 3.72. The fourth-order valence-electron chi connectivity index (χ4n) is 8.63. The zero-order valence-corrected chi connectivity index (χ0v) is 27.8. The SMILES string of the molecule is C1=C2c3ccccc3-c3ccc(-c4ccc(-c5ccc6c(c5)c5cnc7ccccc7c5n6-c5cncc(-c6ccccc6)c5)cc4)c(c32)CC1. The molecule has 0 bridgehead atoms. The van der Waals surface area contributed by atoms with Gasteiger partial charge >= 0.3 is 0 Å². The Morgan fingerprint density at radius 2 is 1.24 bits per heavy atom. The molecule has 51 heavy (non-hydrogen) atoms. The maximum absolute atomic E-state index is 4.91. The van der Waals surface area contributed by atoms with Crippen molar-refractivity contribution in [1.29, 1.82) is 0 Å². The number of pyridine rings is 2. The molecule has 0 unspecified atom stereocenters. The zero-order valence-electron chi connectivity index (χ0n) is 27.8. The van der Waals surface area contributed by atoms with Gasteiger partial charge in [0.15, 0.2) is 0 Å². The molecule has 0 saturated heterocycles. The van der Waals surface area contributed by atoms with Crippen molar-refractivity contribution in [3.8, 4) is 50.2 Å². The lowest BCUT2D eigenvalue weighted by Gasteiger charge is -2.19. The highest BCUT2D eigenvalue weighted by Gasteiger charge is 2.29. The van der Waals surface area contributed by atoms with E-state index in [0.717, 1.165) is 57.0 Å². The molecule has 2 aliphatic rings. The molecule has 3 nitrogen and oxygen atoms in total. The van der Waals surface area contributed by atoms with Crippen molar-refractivity contribution in [2.24, 2.45) is 0 Å². The number of rotatable bonds is 4. The molecule has 0 saturated carbocycles. The van der Waals surface area contributed by atoms with E-state index in [9.17, 15) is 0 Å². The van der Waals surface area contributed by atoms with Gasteiger partial charge in [0.05, 0.1) is 28.4 Å². The van der Waals surface area contributed by atoms with E-state index in [-0.39, 0.29) is 0 Å². The van der Waals surface area contributed by atoms with Crippen molar-refractivity contribution >= 4 is 38.3 Å². The largest absolute Gasteiger partial charge is 0.307 e. The lowest BCUT2D eigenvalue weighted by molar-refractivity contribution is 0.984. The second kappa shape index (κ2) is 11.0. The van der Waals surface area contributed by atoms with Crippen molar-refractivity contribution in [3.05, 3.63) is 181 Å². The maximum Gasteiger partial charge on any atom is 0.0723 e. The summed E-state index contributed by atoms with van der Waals surface area (Å²) >= 11 is 0. The third-order valence-corrected chi connectivity index (χ3v) is 10.9. The molecule has 0 atom stereocenters. The molecule has 6 aromatic carbocycles. The molecule has 3 aromatic heterocycles. The number of aromatic nitrogens is 3. The van der Waals surface area contributed by atoms with E-state index in [0.29, 0.717) is 0 Å². The van der Waals surface area contributed by atoms with Crippen molar-refractivity contribution < 1.29 is 0 Å². The van der Waals surface area contributed by atoms with Gasteiger partial charge in [-0.1, -0.05) is 121 Å². The highest BCUT2D eigenvalue weighted by atomic mass is 15.0. The first-order valence-electron chi connectivity index (χ1n) is 17.7. The molecule has 3 heteroatoms. The normalized spacial score (nSPS) is 13.1. The van der Waals surface area contributed by atoms with Crippen LogP contribution in [0.25, 0.3) is 88.5 Å². The number of nitrogens with zero attached hydrogens (tertiary/aromatic N) is 3. The summed E-state index contributed by atoms with van der Waals surface area (Å²) in [6, 6.07) is 50.7. The van der Waals surface area contributed by atoms with Crippen LogP contribution in [0.2, 0.25) is 0 Å². The van der Waals surface area contributed by atoms with Gasteiger partial charge in [-0.15, -0.1) is 0 Å². The molecule has 0 radical (unpaired) electrons. The van der Waals surface area contributed by atoms with E-state index >= 15 is 0 Å². The third kappa shape index (κ3) is 4.25. The van der Waals surface area contributed by atoms with Crippen LogP contribution in [0.3, 0.4) is 0 Å². The number of hydrogen-bond acceptors (Lipinski definition) is 2. The molecule has 238 valence electrons. The smallest absolute Gasteiger partial charge is 0.0723 e. The van der Waals surface area contributed by atoms with Crippen LogP contribution in [0.4, 0.5) is 0 Å². The Balaban J connectivity index is 1.04. The second-order valence-corrected chi connectivity index (χ2v) is 13.7. The van der Waals surface area contributed by atoms with Crippen molar-refractivity contribution in [2.45, 2.75) is 12.8 Å². The number of para-hydroxylation sites is 1. The number of allylic oxidation sites excluding steroid dienone is 1. The summed E-state index contributed by atoms with van der Waals surface area (Å²) in [5.41, 5.74) is 20.0. The molecule has 0 fully saturated rings. The van der Waals surface area contributed by atoms with Gasteiger partial charge < -0.3 is 4.57 Å². The number of hydrogen-bond donors (Lipinski definition) is 0. The minimum absolute atomic E-state index is 0.981. The molecule has 9 aromatic rings. The van der Waals surface area contributed by atoms with E-state index in [1.165, 1.54) is 61.0 Å². The van der Waals surface area contributed by atoms with E-state index in [1.807, 2.05) is 24.7 Å². The molecule has 0 aliphatic heterocycles. The predicted octanol–water partition coefficient (Wildman–Crippen LogP) is 12.1. The van der Waals surface area contributed by atoms with Gasteiger partial charge in [-0.05, 0) is 98.3 Å². The van der Waals surface area contributed by atoms with Crippen molar-refractivity contribution in [3.63, 3.8) is 0 Å². The van der Waals surface area contributed by atoms with Gasteiger partial charge in [-0.3, -0.25) is 9.97 Å². The first kappa shape index (κ1) is 28.3. The Kier molecular flexibility index (Phi) is 6.08. The maximum atomic E-state index is 4.91. The van der Waals surface area contributed by atoms with Crippen LogP contribution in [0.15, 0.2) is 164 Å². The highest BCUT2D eigenvalue weighted by molar-refractivity contribution is 6.18. The van der Waals surface area contributed by atoms with E-state index in [1.54, 1.807) is 0 Å². The van der Waals surface area contributed by atoms with Gasteiger partial charge in [0, 0.05) is 34.1 Å². The minimum Gasteiger partial charge on any atom is -0.307 e. The average molecular weight is 650 g/mol. The minimum atomic E-state index is 0.981. The van der Waals surface area contributed by atoms with Crippen molar-refractivity contribution in [2.75, 3.05) is 0 Å². The van der Waals surface area contributed by atoms with Gasteiger partial charge in [0.25, 0.3) is 0 Å². The fourth-order valence-corrected chi connectivity index (χ4v) is 8.63. The van der Waals surface area contributed by atoms with Crippen LogP contribution in [-0.4, -0.2) is 14.5 Å². The van der Waals surface area contributed by atoms with Gasteiger partial charge in [-0.25, -0.2) is 0 Å². The molecule has 0 spiro atoms. The van der Waals surface area contributed by atoms with Crippen LogP contribution >= 0.6 is 0 Å². The quantitative estimate of drug-likeness (QED) is 0.190. The van der Waals surface area contributed by atoms with Gasteiger partial charge in [0.1, 0.15) is 0 Å². The van der Waals surface area contributed by atoms with E-state index < -0.39 is 0 Å². The first-order valence-corrected chi connectivity index (χ1v) is 17.7. The Bertz CT molecular complexity index is 2890. The molecule has 0 amide bonds. The van der Waals surface area contributed by atoms with Crippen LogP contribution in [0.1, 0.15) is 23.1 Å². The zero-order chi connectivity index (χ0) is 33.5. The summed E-state index contributed by atoms with van der Waals surface area (Å²) in [5, 5.41) is 3.44. The summed E-state index contributed by atoms with van der Waals surface area (Å²) < 4.78 is 2.36. The lowest BCUT2D eigenvalue weighted by atomic mass is 9.84. The van der Waals surface area contributed by atoms with Crippen LogP contribution in [-0.2, 0) is 6.42 Å². The molecular formula is C48H31N3. The topological polar surface area (TPSA) is 30.7 Å². The van der Waals surface area contributed by atoms with Gasteiger partial charge in [-0.2, -0.15) is 0 Å². The fraction of sp³-hybridized carbons (Fsp3) is 0.0417. The van der Waals surface area contributed by atoms with Crippen molar-refractivity contribution in [1.82, 2.24) is 14.5 Å². The Labute approximate surface area is 295 Å². The molecule has 0 N–H and O–H groups in total. The predicted molar refractivity (Wildman–Crippen MR) is 211 cm³/mol. The summed E-state index contributed by atoms with van der Waals surface area (Å²) in [7, 11) is 0. The van der Waals surface area contributed by atoms with Crippen LogP contribution < -0.4 is 0 Å². The van der Waals surface area contributed by atoms with E-state index in [4.69, 9.17) is 9.97 Å². The Morgan fingerprint density at radius 1 is 0.490 bits per heavy atom. The Morgan fingerprint density at radius 3 is 2.14 bits per heavy atom. The standard InChI is InChI=1S/C48H31N3/c1-2-9-30(10-3-1)34-25-35(28-49-27-34)51-46-24-21-33(26-43(46)44-29-50-45-16-7-6-13-42(45)48(44)51)31-17-19-32(20-18-31)36-22-23-41-38-12-5-4-11-37(38)40-15-8-14-39(36)47(40)41/h1-7,9-13,15-29H,8,14H2. The van der Waals surface area contributed by atoms with Gasteiger partial charge in [0.2, 0.25) is 0 Å². The van der Waals surface area contributed by atoms with Crippen LogP contribution in [0.5, 0.6) is 0 Å². The van der Waals surface area contributed by atoms with E-state index in [2.05, 4.69) is 144 Å². The summed E-state index contributed by atoms with van der Waals surface area (Å²) in [6.07, 6.45) is 10.5. The number of benzene rings is 6. The first-order chi connectivity index (χ1) is 25.3.